The van der Waals surface area contributed by atoms with Crippen LogP contribution in [0.1, 0.15) is 18.0 Å². The summed E-state index contributed by atoms with van der Waals surface area (Å²) in [6.07, 6.45) is -2.42. The molecule has 0 amide bonds. The normalized spacial score (nSPS) is 13.1. The van der Waals surface area contributed by atoms with Crippen molar-refractivity contribution in [3.63, 3.8) is 0 Å². The van der Waals surface area contributed by atoms with Crippen molar-refractivity contribution in [3.8, 4) is 0 Å². The fourth-order valence-electron chi connectivity index (χ4n) is 1.36. The Morgan fingerprint density at radius 3 is 2.50 bits per heavy atom. The molecule has 0 radical (unpaired) electrons. The predicted molar refractivity (Wildman–Crippen MR) is 62.4 cm³/mol. The van der Waals surface area contributed by atoms with E-state index in [0.717, 1.165) is 12.1 Å². The van der Waals surface area contributed by atoms with Crippen LogP contribution < -0.4 is 5.73 Å². The van der Waals surface area contributed by atoms with Gasteiger partial charge in [0.1, 0.15) is 18.2 Å². The molecule has 7 heteroatoms. The van der Waals surface area contributed by atoms with Crippen LogP contribution in [0.5, 0.6) is 0 Å². The van der Waals surface area contributed by atoms with Gasteiger partial charge in [0.15, 0.2) is 0 Å². The molecule has 2 N–H and O–H groups in total. The first-order valence-corrected chi connectivity index (χ1v) is 5.97. The summed E-state index contributed by atoms with van der Waals surface area (Å²) in [5.41, 5.74) is 5.64. The first-order chi connectivity index (χ1) is 8.41. The van der Waals surface area contributed by atoms with E-state index in [9.17, 15) is 17.6 Å². The van der Waals surface area contributed by atoms with Crippen LogP contribution in [-0.2, 0) is 4.74 Å². The van der Waals surface area contributed by atoms with Crippen LogP contribution in [0.15, 0.2) is 16.6 Å². The number of nitrogens with two attached hydrogens (primary N) is 1. The number of rotatable bonds is 6. The maximum Gasteiger partial charge on any atom is 0.261 e. The lowest BCUT2D eigenvalue weighted by atomic mass is 10.0. The number of ether oxygens (including phenoxy) is 1. The van der Waals surface area contributed by atoms with Gasteiger partial charge in [-0.1, -0.05) is 0 Å². The number of hydrogen-bond acceptors (Lipinski definition) is 2. The van der Waals surface area contributed by atoms with Gasteiger partial charge < -0.3 is 10.5 Å². The van der Waals surface area contributed by atoms with Crippen molar-refractivity contribution in [2.45, 2.75) is 18.9 Å². The number of benzene rings is 1. The molecule has 1 unspecified atom stereocenters. The van der Waals surface area contributed by atoms with Gasteiger partial charge in [0, 0.05) is 18.2 Å². The maximum atomic E-state index is 13.5. The number of hydrogen-bond donors (Lipinski definition) is 1. The van der Waals surface area contributed by atoms with Crippen LogP contribution in [-0.4, -0.2) is 19.6 Å². The Hall–Kier alpha value is -0.660. The minimum absolute atomic E-state index is 0.00338. The molecule has 0 bridgehead atoms. The molecule has 102 valence electrons. The zero-order valence-corrected chi connectivity index (χ0v) is 10.9. The summed E-state index contributed by atoms with van der Waals surface area (Å²) < 4.78 is 54.9. The standard InChI is InChI=1S/C11H12BrF4NO/c12-7-4-8(13)6(3-9(7)14)10(17)1-2-18-5-11(15)16/h3-4,10-11H,1-2,5,17H2. The van der Waals surface area contributed by atoms with Gasteiger partial charge in [-0.3, -0.25) is 0 Å². The first kappa shape index (κ1) is 15.4. The van der Waals surface area contributed by atoms with Crippen molar-refractivity contribution >= 4 is 15.9 Å². The second kappa shape index (κ2) is 7.06. The lowest BCUT2D eigenvalue weighted by Gasteiger charge is -2.13. The summed E-state index contributed by atoms with van der Waals surface area (Å²) in [7, 11) is 0. The van der Waals surface area contributed by atoms with Gasteiger partial charge in [-0.2, -0.15) is 0 Å². The van der Waals surface area contributed by atoms with Gasteiger partial charge in [0.2, 0.25) is 0 Å². The third kappa shape index (κ3) is 4.55. The minimum atomic E-state index is -2.55. The van der Waals surface area contributed by atoms with Crippen molar-refractivity contribution in [2.75, 3.05) is 13.2 Å². The van der Waals surface area contributed by atoms with Gasteiger partial charge in [0.25, 0.3) is 6.43 Å². The average molecular weight is 330 g/mol. The fourth-order valence-corrected chi connectivity index (χ4v) is 1.68. The van der Waals surface area contributed by atoms with Crippen LogP contribution in [0, 0.1) is 11.6 Å². The molecule has 0 aliphatic heterocycles. The summed E-state index contributed by atoms with van der Waals surface area (Å²) in [6, 6.07) is 1.16. The molecule has 0 saturated carbocycles. The van der Waals surface area contributed by atoms with Crippen LogP contribution in [0.25, 0.3) is 0 Å². The summed E-state index contributed by atoms with van der Waals surface area (Å²) in [6.45, 7) is -0.730. The molecule has 2 nitrogen and oxygen atoms in total. The van der Waals surface area contributed by atoms with E-state index < -0.39 is 30.7 Å². The van der Waals surface area contributed by atoms with Crippen LogP contribution in [0.3, 0.4) is 0 Å². The van der Waals surface area contributed by atoms with E-state index in [1.807, 2.05) is 0 Å². The summed E-state index contributed by atoms with van der Waals surface area (Å²) in [5, 5.41) is 0. The fraction of sp³-hybridized carbons (Fsp3) is 0.455. The van der Waals surface area contributed by atoms with Crippen molar-refractivity contribution in [1.82, 2.24) is 0 Å². The Morgan fingerprint density at radius 2 is 1.89 bits per heavy atom. The molecule has 0 aromatic heterocycles. The SMILES string of the molecule is NC(CCOCC(F)F)c1cc(F)c(Br)cc1F. The van der Waals surface area contributed by atoms with Gasteiger partial charge >= 0.3 is 0 Å². The molecule has 1 aromatic rings. The first-order valence-electron chi connectivity index (χ1n) is 5.17. The predicted octanol–water partition coefficient (Wildman–Crippen LogP) is 3.40. The molecule has 0 saturated heterocycles. The molecule has 0 aliphatic rings. The Kier molecular flexibility index (Phi) is 6.04. The highest BCUT2D eigenvalue weighted by Crippen LogP contribution is 2.24. The van der Waals surface area contributed by atoms with Gasteiger partial charge in [0.05, 0.1) is 4.47 Å². The van der Waals surface area contributed by atoms with Crippen molar-refractivity contribution in [2.24, 2.45) is 5.73 Å². The lowest BCUT2D eigenvalue weighted by molar-refractivity contribution is 0.0151. The highest BCUT2D eigenvalue weighted by molar-refractivity contribution is 9.10. The molecule has 1 aromatic carbocycles. The van der Waals surface area contributed by atoms with Crippen molar-refractivity contribution in [1.29, 1.82) is 0 Å². The Morgan fingerprint density at radius 1 is 1.22 bits per heavy atom. The third-order valence-electron chi connectivity index (χ3n) is 2.26. The molecular formula is C11H12BrF4NO. The average Bonchev–Trinajstić information content (AvgIpc) is 2.28. The Balaban J connectivity index is 2.56. The zero-order valence-electron chi connectivity index (χ0n) is 9.31. The zero-order chi connectivity index (χ0) is 13.7. The van der Waals surface area contributed by atoms with E-state index in [0.29, 0.717) is 0 Å². The number of halogens is 5. The Bertz CT molecular complexity index is 403. The molecule has 0 heterocycles. The summed E-state index contributed by atoms with van der Waals surface area (Å²) >= 11 is 2.85. The van der Waals surface area contributed by atoms with E-state index >= 15 is 0 Å². The second-order valence-electron chi connectivity index (χ2n) is 3.65. The van der Waals surface area contributed by atoms with Crippen LogP contribution >= 0.6 is 15.9 Å². The highest BCUT2D eigenvalue weighted by Gasteiger charge is 2.15. The van der Waals surface area contributed by atoms with E-state index in [1.54, 1.807) is 0 Å². The molecule has 0 spiro atoms. The maximum absolute atomic E-state index is 13.5. The van der Waals surface area contributed by atoms with Gasteiger partial charge in [-0.25, -0.2) is 17.6 Å². The summed E-state index contributed by atoms with van der Waals surface area (Å²) in [4.78, 5) is 0. The van der Waals surface area contributed by atoms with Crippen molar-refractivity contribution < 1.29 is 22.3 Å². The van der Waals surface area contributed by atoms with Crippen LogP contribution in [0.2, 0.25) is 0 Å². The number of alkyl halides is 2. The van der Waals surface area contributed by atoms with Gasteiger partial charge in [-0.05, 0) is 34.5 Å². The second-order valence-corrected chi connectivity index (χ2v) is 4.50. The molecule has 1 atom stereocenters. The molecule has 0 aliphatic carbocycles. The monoisotopic (exact) mass is 329 g/mol. The third-order valence-corrected chi connectivity index (χ3v) is 2.86. The Labute approximate surface area is 110 Å². The smallest absolute Gasteiger partial charge is 0.261 e. The molecule has 1 rings (SSSR count). The lowest BCUT2D eigenvalue weighted by Crippen LogP contribution is -2.16. The van der Waals surface area contributed by atoms with E-state index in [4.69, 9.17) is 5.73 Å². The minimum Gasteiger partial charge on any atom is -0.375 e. The summed E-state index contributed by atoms with van der Waals surface area (Å²) in [5.74, 6) is -1.28. The van der Waals surface area contributed by atoms with E-state index in [-0.39, 0.29) is 23.1 Å². The quantitative estimate of drug-likeness (QED) is 0.493. The van der Waals surface area contributed by atoms with Crippen molar-refractivity contribution in [3.05, 3.63) is 33.8 Å². The molecule has 18 heavy (non-hydrogen) atoms. The van der Waals surface area contributed by atoms with E-state index in [1.165, 1.54) is 0 Å². The topological polar surface area (TPSA) is 35.2 Å². The largest absolute Gasteiger partial charge is 0.375 e. The van der Waals surface area contributed by atoms with Gasteiger partial charge in [-0.15, -0.1) is 0 Å². The van der Waals surface area contributed by atoms with E-state index in [2.05, 4.69) is 20.7 Å². The van der Waals surface area contributed by atoms with Crippen LogP contribution in [0.4, 0.5) is 17.6 Å². The molecular weight excluding hydrogens is 318 g/mol. The highest BCUT2D eigenvalue weighted by atomic mass is 79.9. The molecule has 0 fully saturated rings.